The summed E-state index contributed by atoms with van der Waals surface area (Å²) in [5.74, 6) is -0.176. The van der Waals surface area contributed by atoms with E-state index in [4.69, 9.17) is 16.3 Å². The first kappa shape index (κ1) is 23.5. The highest BCUT2D eigenvalue weighted by Crippen LogP contribution is 2.48. The molecule has 1 N–H and O–H groups in total. The van der Waals surface area contributed by atoms with Gasteiger partial charge in [0.05, 0.1) is 17.1 Å². The summed E-state index contributed by atoms with van der Waals surface area (Å²) < 4.78 is 6.90. The molecule has 1 aliphatic carbocycles. The number of carbonyl (C=O) groups is 1. The van der Waals surface area contributed by atoms with Crippen molar-refractivity contribution in [3.05, 3.63) is 110 Å². The number of nitro benzene ring substituents is 1. The zero-order valence-corrected chi connectivity index (χ0v) is 19.7. The SMILES string of the molecule is O=C1c2ccccc2C(OC2CCC(O)CC2)(c2ccc(Cl)cc2)N1Cc1ccc([N+](=O)[O-])cc1. The fraction of sp³-hybridized carbons (Fsp3) is 0.296. The highest BCUT2D eigenvalue weighted by atomic mass is 35.5. The van der Waals surface area contributed by atoms with Gasteiger partial charge in [-0.15, -0.1) is 0 Å². The lowest BCUT2D eigenvalue weighted by Crippen LogP contribution is -2.49. The first-order chi connectivity index (χ1) is 16.9. The summed E-state index contributed by atoms with van der Waals surface area (Å²) in [6, 6.07) is 20.9. The zero-order chi connectivity index (χ0) is 24.6. The number of aliphatic hydroxyl groups is 1. The third-order valence-electron chi connectivity index (χ3n) is 6.85. The number of ether oxygens (including phenoxy) is 1. The first-order valence-electron chi connectivity index (χ1n) is 11.6. The highest BCUT2D eigenvalue weighted by Gasteiger charge is 2.53. The Kier molecular flexibility index (Phi) is 6.32. The van der Waals surface area contributed by atoms with Crippen LogP contribution in [0.15, 0.2) is 72.8 Å². The smallest absolute Gasteiger partial charge is 0.269 e. The maximum atomic E-state index is 13.8. The van der Waals surface area contributed by atoms with E-state index in [1.807, 2.05) is 30.3 Å². The van der Waals surface area contributed by atoms with E-state index in [0.29, 0.717) is 36.3 Å². The van der Waals surface area contributed by atoms with E-state index in [-0.39, 0.29) is 30.3 Å². The van der Waals surface area contributed by atoms with Crippen molar-refractivity contribution >= 4 is 23.2 Å². The first-order valence-corrected chi connectivity index (χ1v) is 12.0. The lowest BCUT2D eigenvalue weighted by atomic mass is 9.90. The maximum absolute atomic E-state index is 13.8. The molecule has 0 saturated heterocycles. The van der Waals surface area contributed by atoms with Crippen LogP contribution in [-0.2, 0) is 17.0 Å². The Labute approximate surface area is 208 Å². The predicted octanol–water partition coefficient (Wildman–Crippen LogP) is 5.43. The van der Waals surface area contributed by atoms with Gasteiger partial charge in [0.15, 0.2) is 5.72 Å². The molecule has 1 amide bonds. The summed E-state index contributed by atoms with van der Waals surface area (Å²) in [5, 5.41) is 21.7. The fourth-order valence-corrected chi connectivity index (χ4v) is 5.20. The van der Waals surface area contributed by atoms with E-state index in [1.165, 1.54) is 12.1 Å². The molecule has 1 fully saturated rings. The highest BCUT2D eigenvalue weighted by molar-refractivity contribution is 6.30. The van der Waals surface area contributed by atoms with Crippen LogP contribution in [0.4, 0.5) is 5.69 Å². The van der Waals surface area contributed by atoms with Crippen molar-refractivity contribution in [1.29, 1.82) is 0 Å². The van der Waals surface area contributed by atoms with Gasteiger partial charge in [0.25, 0.3) is 11.6 Å². The van der Waals surface area contributed by atoms with E-state index in [0.717, 1.165) is 16.7 Å². The number of hydrogen-bond acceptors (Lipinski definition) is 5. The van der Waals surface area contributed by atoms with Crippen LogP contribution in [0.25, 0.3) is 0 Å². The number of halogens is 1. The van der Waals surface area contributed by atoms with Crippen molar-refractivity contribution in [1.82, 2.24) is 4.90 Å². The van der Waals surface area contributed by atoms with Crippen LogP contribution in [0, 0.1) is 10.1 Å². The number of amides is 1. The quantitative estimate of drug-likeness (QED) is 0.366. The van der Waals surface area contributed by atoms with E-state index < -0.39 is 10.6 Å². The lowest BCUT2D eigenvalue weighted by molar-refractivity contribution is -0.384. The number of non-ortho nitro benzene ring substituents is 1. The molecule has 1 saturated carbocycles. The summed E-state index contributed by atoms with van der Waals surface area (Å²) in [6.07, 6.45) is 2.14. The molecule has 35 heavy (non-hydrogen) atoms. The Bertz CT molecular complexity index is 1240. The van der Waals surface area contributed by atoms with Crippen molar-refractivity contribution in [2.24, 2.45) is 0 Å². The largest absolute Gasteiger partial charge is 0.393 e. The molecule has 0 bridgehead atoms. The number of hydrogen-bond donors (Lipinski definition) is 1. The number of fused-ring (bicyclic) bond motifs is 1. The standard InChI is InChI=1S/C27H25ClN2O5/c28-20-9-7-19(8-10-20)27(35-23-15-13-22(31)14-16-23)25-4-2-1-3-24(25)26(32)29(27)17-18-5-11-21(12-6-18)30(33)34/h1-12,22-23,31H,13-17H2. The van der Waals surface area contributed by atoms with Gasteiger partial charge in [-0.05, 0) is 49.4 Å². The monoisotopic (exact) mass is 492 g/mol. The van der Waals surface area contributed by atoms with Crippen LogP contribution in [0.2, 0.25) is 5.02 Å². The molecule has 1 heterocycles. The lowest BCUT2D eigenvalue weighted by Gasteiger charge is -2.43. The van der Waals surface area contributed by atoms with Crippen molar-refractivity contribution in [3.63, 3.8) is 0 Å². The van der Waals surface area contributed by atoms with Crippen LogP contribution >= 0.6 is 11.6 Å². The maximum Gasteiger partial charge on any atom is 0.269 e. The van der Waals surface area contributed by atoms with Crippen LogP contribution in [0.5, 0.6) is 0 Å². The summed E-state index contributed by atoms with van der Waals surface area (Å²) in [7, 11) is 0. The number of benzene rings is 3. The molecule has 0 spiro atoms. The number of carbonyl (C=O) groups excluding carboxylic acids is 1. The summed E-state index contributed by atoms with van der Waals surface area (Å²) >= 11 is 6.20. The topological polar surface area (TPSA) is 92.9 Å². The molecule has 5 rings (SSSR count). The second kappa shape index (κ2) is 9.41. The molecule has 0 aromatic heterocycles. The van der Waals surface area contributed by atoms with Gasteiger partial charge in [-0.2, -0.15) is 0 Å². The number of nitrogens with zero attached hydrogens (tertiary/aromatic N) is 2. The molecule has 1 atom stereocenters. The van der Waals surface area contributed by atoms with Crippen LogP contribution in [0.1, 0.15) is 52.7 Å². The molecule has 1 aliphatic heterocycles. The number of aliphatic hydroxyl groups excluding tert-OH is 1. The van der Waals surface area contributed by atoms with Crippen LogP contribution in [0.3, 0.4) is 0 Å². The van der Waals surface area contributed by atoms with Gasteiger partial charge in [0, 0.05) is 40.4 Å². The molecular formula is C27H25ClN2O5. The van der Waals surface area contributed by atoms with Crippen molar-refractivity contribution in [2.45, 2.75) is 50.2 Å². The molecule has 180 valence electrons. The fourth-order valence-electron chi connectivity index (χ4n) is 5.07. The van der Waals surface area contributed by atoms with E-state index in [9.17, 15) is 20.0 Å². The van der Waals surface area contributed by atoms with Gasteiger partial charge in [0.2, 0.25) is 0 Å². The van der Waals surface area contributed by atoms with Crippen molar-refractivity contribution < 1.29 is 19.6 Å². The Hall–Kier alpha value is -3.26. The second-order valence-electron chi connectivity index (χ2n) is 9.06. The Morgan fingerprint density at radius 1 is 1.00 bits per heavy atom. The summed E-state index contributed by atoms with van der Waals surface area (Å²) in [5.41, 5.74) is 1.62. The molecule has 2 aliphatic rings. The molecule has 7 nitrogen and oxygen atoms in total. The number of nitro groups is 1. The van der Waals surface area contributed by atoms with Crippen LogP contribution < -0.4 is 0 Å². The zero-order valence-electron chi connectivity index (χ0n) is 19.0. The van der Waals surface area contributed by atoms with Gasteiger partial charge in [-0.25, -0.2) is 0 Å². The summed E-state index contributed by atoms with van der Waals surface area (Å²) in [6.45, 7) is 0.198. The van der Waals surface area contributed by atoms with Gasteiger partial charge in [-0.3, -0.25) is 19.8 Å². The third kappa shape index (κ3) is 4.31. The molecule has 8 heteroatoms. The Balaban J connectivity index is 1.63. The van der Waals surface area contributed by atoms with Gasteiger partial charge >= 0.3 is 0 Å². The van der Waals surface area contributed by atoms with Gasteiger partial charge in [-0.1, -0.05) is 54.1 Å². The minimum atomic E-state index is -1.20. The van der Waals surface area contributed by atoms with E-state index in [1.54, 1.807) is 35.2 Å². The molecule has 3 aromatic carbocycles. The third-order valence-corrected chi connectivity index (χ3v) is 7.10. The predicted molar refractivity (Wildman–Crippen MR) is 131 cm³/mol. The molecular weight excluding hydrogens is 468 g/mol. The average molecular weight is 493 g/mol. The van der Waals surface area contributed by atoms with E-state index in [2.05, 4.69) is 0 Å². The van der Waals surface area contributed by atoms with Crippen molar-refractivity contribution in [3.8, 4) is 0 Å². The molecule has 1 unspecified atom stereocenters. The average Bonchev–Trinajstić information content (AvgIpc) is 3.10. The molecule has 3 aromatic rings. The Morgan fingerprint density at radius 2 is 1.66 bits per heavy atom. The van der Waals surface area contributed by atoms with Crippen molar-refractivity contribution in [2.75, 3.05) is 0 Å². The van der Waals surface area contributed by atoms with E-state index >= 15 is 0 Å². The van der Waals surface area contributed by atoms with Gasteiger partial charge in [0.1, 0.15) is 0 Å². The Morgan fingerprint density at radius 3 is 2.31 bits per heavy atom. The molecule has 0 radical (unpaired) electrons. The minimum absolute atomic E-state index is 0.00855. The minimum Gasteiger partial charge on any atom is -0.393 e. The number of rotatable bonds is 6. The van der Waals surface area contributed by atoms with Crippen LogP contribution in [-0.4, -0.2) is 33.0 Å². The normalized spacial score (nSPS) is 23.8. The van der Waals surface area contributed by atoms with Gasteiger partial charge < -0.3 is 9.84 Å². The summed E-state index contributed by atoms with van der Waals surface area (Å²) in [4.78, 5) is 26.2. The second-order valence-corrected chi connectivity index (χ2v) is 9.50.